The molecule has 0 saturated heterocycles. The summed E-state index contributed by atoms with van der Waals surface area (Å²) in [7, 11) is -4.04. The van der Waals surface area contributed by atoms with Crippen LogP contribution in [0.2, 0.25) is 0 Å². The van der Waals surface area contributed by atoms with Gasteiger partial charge in [-0.05, 0) is 12.0 Å². The highest BCUT2D eigenvalue weighted by Gasteiger charge is 2.20. The molecule has 6 heteroatoms. The first-order valence-electron chi connectivity index (χ1n) is 5.63. The van der Waals surface area contributed by atoms with Gasteiger partial charge in [0.05, 0.1) is 12.1 Å². The summed E-state index contributed by atoms with van der Waals surface area (Å²) in [4.78, 5) is 29.0. The van der Waals surface area contributed by atoms with Crippen LogP contribution in [-0.4, -0.2) is 21.9 Å². The molecule has 1 aromatic rings. The smallest absolute Gasteiger partial charge is 0.325 e. The number of esters is 1. The van der Waals surface area contributed by atoms with E-state index in [1.54, 1.807) is 6.92 Å². The highest BCUT2D eigenvalue weighted by Crippen LogP contribution is 2.36. The lowest BCUT2D eigenvalue weighted by atomic mass is 10.1. The molecule has 100 valence electrons. The summed E-state index contributed by atoms with van der Waals surface area (Å²) in [6.45, 7) is 1.78. The minimum Gasteiger partial charge on any atom is -0.461 e. The molecule has 0 bridgehead atoms. The topological polar surface area (TPSA) is 83.8 Å². The van der Waals surface area contributed by atoms with Gasteiger partial charge in [0.1, 0.15) is 6.61 Å². The number of hydrogen-bond acceptors (Lipinski definition) is 3. The molecule has 0 aromatic heterocycles. The van der Waals surface area contributed by atoms with Crippen LogP contribution in [0, 0.1) is 5.92 Å². The number of ether oxygens (including phenoxy) is 1. The summed E-state index contributed by atoms with van der Waals surface area (Å²) < 4.78 is 15.7. The fourth-order valence-electron chi connectivity index (χ4n) is 1.35. The molecule has 0 saturated carbocycles. The molecule has 1 atom stereocenters. The molecule has 0 spiro atoms. The Morgan fingerprint density at radius 3 is 2.50 bits per heavy atom. The van der Waals surface area contributed by atoms with Crippen LogP contribution in [-0.2, 0) is 20.7 Å². The molecule has 1 aromatic carbocycles. The van der Waals surface area contributed by atoms with Crippen molar-refractivity contribution in [3.05, 3.63) is 35.9 Å². The zero-order chi connectivity index (χ0) is 13.6. The van der Waals surface area contributed by atoms with Crippen molar-refractivity contribution in [3.8, 4) is 0 Å². The molecule has 0 radical (unpaired) electrons. The normalized spacial score (nSPS) is 13.1. The number of carbonyl (C=O) groups is 1. The van der Waals surface area contributed by atoms with Gasteiger partial charge in [-0.2, -0.15) is 0 Å². The predicted octanol–water partition coefficient (Wildman–Crippen LogP) is 1.93. The monoisotopic (exact) mass is 272 g/mol. The van der Waals surface area contributed by atoms with Crippen molar-refractivity contribution < 1.29 is 23.9 Å². The summed E-state index contributed by atoms with van der Waals surface area (Å²) in [5.41, 5.74) is 0.882. The van der Waals surface area contributed by atoms with Crippen molar-refractivity contribution in [1.29, 1.82) is 0 Å². The van der Waals surface area contributed by atoms with E-state index in [1.165, 1.54) is 0 Å². The second kappa shape index (κ2) is 6.69. The van der Waals surface area contributed by atoms with Crippen LogP contribution >= 0.6 is 7.60 Å². The molecule has 5 nitrogen and oxygen atoms in total. The van der Waals surface area contributed by atoms with Crippen LogP contribution < -0.4 is 0 Å². The molecule has 0 aliphatic rings. The van der Waals surface area contributed by atoms with E-state index in [-0.39, 0.29) is 19.2 Å². The van der Waals surface area contributed by atoms with Crippen molar-refractivity contribution >= 4 is 13.6 Å². The molecule has 0 amide bonds. The van der Waals surface area contributed by atoms with Gasteiger partial charge < -0.3 is 14.5 Å². The van der Waals surface area contributed by atoms with Crippen LogP contribution in [0.25, 0.3) is 0 Å². The average molecular weight is 272 g/mol. The Labute approximate surface area is 106 Å². The number of rotatable bonds is 6. The predicted molar refractivity (Wildman–Crippen MR) is 66.9 cm³/mol. The molecule has 0 fully saturated rings. The third kappa shape index (κ3) is 5.96. The van der Waals surface area contributed by atoms with E-state index < -0.39 is 19.5 Å². The van der Waals surface area contributed by atoms with Crippen LogP contribution in [0.15, 0.2) is 30.3 Å². The van der Waals surface area contributed by atoms with Crippen molar-refractivity contribution in [2.45, 2.75) is 20.0 Å². The highest BCUT2D eigenvalue weighted by molar-refractivity contribution is 7.51. The van der Waals surface area contributed by atoms with Gasteiger partial charge in [0.15, 0.2) is 0 Å². The Hall–Kier alpha value is -1.16. The minimum absolute atomic E-state index is 0.123. The Morgan fingerprint density at radius 1 is 1.33 bits per heavy atom. The first-order chi connectivity index (χ1) is 8.38. The average Bonchev–Trinajstić information content (AvgIpc) is 2.33. The molecule has 0 unspecified atom stereocenters. The molecule has 1 rings (SSSR count). The third-order valence-electron chi connectivity index (χ3n) is 2.48. The summed E-state index contributed by atoms with van der Waals surface area (Å²) in [6.07, 6.45) is -0.174. The quantitative estimate of drug-likeness (QED) is 0.610. The van der Waals surface area contributed by atoms with E-state index in [9.17, 15) is 9.36 Å². The Morgan fingerprint density at radius 2 is 1.94 bits per heavy atom. The van der Waals surface area contributed by atoms with E-state index >= 15 is 0 Å². The second-order valence-electron chi connectivity index (χ2n) is 4.17. The van der Waals surface area contributed by atoms with Crippen LogP contribution in [0.3, 0.4) is 0 Å². The Bertz CT molecular complexity index is 425. The lowest BCUT2D eigenvalue weighted by molar-refractivity contribution is -0.149. The molecule has 2 N–H and O–H groups in total. The number of benzene rings is 1. The first-order valence-corrected chi connectivity index (χ1v) is 7.43. The number of hydrogen-bond donors (Lipinski definition) is 2. The van der Waals surface area contributed by atoms with Gasteiger partial charge in [-0.1, -0.05) is 37.3 Å². The van der Waals surface area contributed by atoms with Gasteiger partial charge >= 0.3 is 13.6 Å². The van der Waals surface area contributed by atoms with E-state index in [4.69, 9.17) is 14.5 Å². The largest absolute Gasteiger partial charge is 0.461 e. The van der Waals surface area contributed by atoms with Crippen LogP contribution in [0.4, 0.5) is 0 Å². The fourth-order valence-corrected chi connectivity index (χ4v) is 2.07. The van der Waals surface area contributed by atoms with Crippen molar-refractivity contribution in [3.63, 3.8) is 0 Å². The summed E-state index contributed by atoms with van der Waals surface area (Å²) in [6, 6.07) is 9.25. The second-order valence-corrected chi connectivity index (χ2v) is 5.95. The van der Waals surface area contributed by atoms with Gasteiger partial charge in [-0.25, -0.2) is 0 Å². The first kappa shape index (κ1) is 14.9. The van der Waals surface area contributed by atoms with E-state index in [1.807, 2.05) is 30.3 Å². The maximum atomic E-state index is 11.6. The van der Waals surface area contributed by atoms with Crippen molar-refractivity contribution in [2.24, 2.45) is 5.92 Å². The molecular weight excluding hydrogens is 255 g/mol. The molecule has 18 heavy (non-hydrogen) atoms. The zero-order valence-corrected chi connectivity index (χ0v) is 11.0. The summed E-state index contributed by atoms with van der Waals surface area (Å²) >= 11 is 0. The lowest BCUT2D eigenvalue weighted by Gasteiger charge is -2.11. The van der Waals surface area contributed by atoms with Gasteiger partial charge in [0.2, 0.25) is 0 Å². The Balaban J connectivity index is 2.34. The van der Waals surface area contributed by atoms with Gasteiger partial charge in [-0.3, -0.25) is 9.36 Å². The van der Waals surface area contributed by atoms with E-state index in [2.05, 4.69) is 0 Å². The highest BCUT2D eigenvalue weighted by atomic mass is 31.2. The van der Waals surface area contributed by atoms with Crippen LogP contribution in [0.1, 0.15) is 18.9 Å². The molecular formula is C12H17O5P. The Kier molecular flexibility index (Phi) is 5.54. The lowest BCUT2D eigenvalue weighted by Crippen LogP contribution is -2.16. The van der Waals surface area contributed by atoms with Gasteiger partial charge in [0.25, 0.3) is 0 Å². The maximum absolute atomic E-state index is 11.6. The van der Waals surface area contributed by atoms with Gasteiger partial charge in [0, 0.05) is 0 Å². The fraction of sp³-hybridized carbons (Fsp3) is 0.417. The zero-order valence-electron chi connectivity index (χ0n) is 10.2. The number of carbonyl (C=O) groups excluding carboxylic acids is 1. The van der Waals surface area contributed by atoms with E-state index in [0.717, 1.165) is 5.56 Å². The summed E-state index contributed by atoms with van der Waals surface area (Å²) in [5.74, 6) is -0.950. The SMILES string of the molecule is C[C@H](CCP(=O)(O)O)C(=O)OCc1ccccc1. The van der Waals surface area contributed by atoms with E-state index in [0.29, 0.717) is 0 Å². The van der Waals surface area contributed by atoms with Crippen molar-refractivity contribution in [1.82, 2.24) is 0 Å². The minimum atomic E-state index is -4.04. The summed E-state index contributed by atoms with van der Waals surface area (Å²) in [5, 5.41) is 0. The maximum Gasteiger partial charge on any atom is 0.325 e. The molecule has 0 aliphatic heterocycles. The van der Waals surface area contributed by atoms with Gasteiger partial charge in [-0.15, -0.1) is 0 Å². The standard InChI is InChI=1S/C12H17O5P/c1-10(7-8-18(14,15)16)12(13)17-9-11-5-3-2-4-6-11/h2-6,10H,7-9H2,1H3,(H2,14,15,16)/t10-/m1/s1. The molecule has 0 heterocycles. The molecule has 0 aliphatic carbocycles. The van der Waals surface area contributed by atoms with Crippen LogP contribution in [0.5, 0.6) is 0 Å². The third-order valence-corrected chi connectivity index (χ3v) is 3.32. The van der Waals surface area contributed by atoms with Crippen molar-refractivity contribution in [2.75, 3.05) is 6.16 Å².